The van der Waals surface area contributed by atoms with E-state index >= 15 is 8.78 Å². The first-order valence-corrected chi connectivity index (χ1v) is 15.2. The number of hydrogen-bond donors (Lipinski definition) is 2. The predicted octanol–water partition coefficient (Wildman–Crippen LogP) is 3.45. The first kappa shape index (κ1) is 32.1. The number of anilines is 1. The minimum Gasteiger partial charge on any atom is -0.437 e. The Morgan fingerprint density at radius 1 is 1.02 bits per heavy atom. The summed E-state index contributed by atoms with van der Waals surface area (Å²) >= 11 is 0. The fraction of sp³-hybridized carbons (Fsp3) is 0.364. The molecule has 2 aromatic carbocycles. The van der Waals surface area contributed by atoms with Crippen LogP contribution in [-0.2, 0) is 17.9 Å². The molecule has 1 amide bonds. The Morgan fingerprint density at radius 2 is 1.74 bits per heavy atom. The fourth-order valence-electron chi connectivity index (χ4n) is 6.27. The maximum absolute atomic E-state index is 15.8. The first-order valence-electron chi connectivity index (χ1n) is 15.2. The molecular weight excluding hydrogens is 615 g/mol. The van der Waals surface area contributed by atoms with Crippen molar-refractivity contribution in [2.24, 2.45) is 5.92 Å². The van der Waals surface area contributed by atoms with Crippen molar-refractivity contribution in [3.63, 3.8) is 0 Å². The molecule has 0 unspecified atom stereocenters. The van der Waals surface area contributed by atoms with Crippen molar-refractivity contribution in [1.82, 2.24) is 29.3 Å². The molecule has 0 aliphatic carbocycles. The van der Waals surface area contributed by atoms with Gasteiger partial charge in [0, 0.05) is 43.7 Å². The van der Waals surface area contributed by atoms with Gasteiger partial charge in [0.25, 0.3) is 11.5 Å². The molecule has 47 heavy (non-hydrogen) atoms. The molecule has 3 N–H and O–H groups in total. The van der Waals surface area contributed by atoms with Crippen molar-refractivity contribution >= 4 is 11.6 Å². The van der Waals surface area contributed by atoms with Gasteiger partial charge in [-0.1, -0.05) is 30.3 Å². The molecule has 0 bridgehead atoms. The number of nitrogen functional groups attached to an aromatic ring is 1. The van der Waals surface area contributed by atoms with Crippen molar-refractivity contribution in [2.75, 3.05) is 31.9 Å². The number of rotatable bonds is 8. The predicted molar refractivity (Wildman–Crippen MR) is 165 cm³/mol. The van der Waals surface area contributed by atoms with Gasteiger partial charge in [0.2, 0.25) is 11.8 Å². The lowest BCUT2D eigenvalue weighted by Gasteiger charge is -2.46. The number of likely N-dealkylation sites (tertiary alicyclic amines) is 2. The Balaban J connectivity index is 1.15. The third-order valence-corrected chi connectivity index (χ3v) is 8.90. The molecule has 0 spiro atoms. The fourth-order valence-corrected chi connectivity index (χ4v) is 6.27. The van der Waals surface area contributed by atoms with Crippen molar-refractivity contribution in [2.45, 2.75) is 43.4 Å². The van der Waals surface area contributed by atoms with E-state index in [4.69, 9.17) is 10.5 Å². The van der Waals surface area contributed by atoms with E-state index in [9.17, 15) is 19.1 Å². The summed E-state index contributed by atoms with van der Waals surface area (Å²) in [6.45, 7) is -0.367. The molecule has 2 fully saturated rings. The van der Waals surface area contributed by atoms with Crippen LogP contribution in [0.5, 0.6) is 11.6 Å². The second-order valence-electron chi connectivity index (χ2n) is 12.0. The highest BCUT2D eigenvalue weighted by atomic mass is 19.3. The first-order chi connectivity index (χ1) is 22.5. The lowest BCUT2D eigenvalue weighted by atomic mass is 9.78. The Morgan fingerprint density at radius 3 is 2.45 bits per heavy atom. The van der Waals surface area contributed by atoms with E-state index in [1.54, 1.807) is 18.5 Å². The zero-order valence-corrected chi connectivity index (χ0v) is 25.4. The molecule has 2 aromatic heterocycles. The summed E-state index contributed by atoms with van der Waals surface area (Å²) in [6, 6.07) is 16.2. The molecular formula is C33H34F3N7O4. The second-order valence-corrected chi connectivity index (χ2v) is 12.0. The van der Waals surface area contributed by atoms with Gasteiger partial charge in [0.1, 0.15) is 29.3 Å². The lowest BCUT2D eigenvalue weighted by molar-refractivity contribution is -0.223. The summed E-state index contributed by atoms with van der Waals surface area (Å²) in [5, 5.41) is 11.2. The minimum atomic E-state index is -3.76. The summed E-state index contributed by atoms with van der Waals surface area (Å²) in [5.74, 6) is -4.92. The number of alkyl halides is 2. The number of carbonyl (C=O) groups is 1. The molecule has 11 nitrogen and oxygen atoms in total. The molecule has 3 atom stereocenters. The topological polar surface area (TPSA) is 140 Å². The number of carbonyl (C=O) groups excluding carboxylic acids is 1. The van der Waals surface area contributed by atoms with Crippen LogP contribution in [0.3, 0.4) is 0 Å². The van der Waals surface area contributed by atoms with Gasteiger partial charge in [-0.2, -0.15) is 0 Å². The molecule has 6 rings (SSSR count). The monoisotopic (exact) mass is 649 g/mol. The number of aromatic nitrogens is 4. The molecule has 2 saturated heterocycles. The highest BCUT2D eigenvalue weighted by molar-refractivity contribution is 5.80. The molecule has 4 aromatic rings. The second kappa shape index (κ2) is 13.1. The molecule has 4 heterocycles. The Kier molecular flexibility index (Phi) is 8.97. The number of aliphatic hydroxyl groups is 1. The molecule has 0 saturated carbocycles. The molecule has 246 valence electrons. The summed E-state index contributed by atoms with van der Waals surface area (Å²) in [6.07, 6.45) is 4.27. The Bertz CT molecular complexity index is 1760. The number of halogens is 3. The Labute approximate surface area is 268 Å². The van der Waals surface area contributed by atoms with Crippen LogP contribution < -0.4 is 16.0 Å². The maximum Gasteiger partial charge on any atom is 0.295 e. The zero-order valence-electron chi connectivity index (χ0n) is 25.4. The van der Waals surface area contributed by atoms with Crippen LogP contribution in [0.25, 0.3) is 0 Å². The summed E-state index contributed by atoms with van der Waals surface area (Å²) in [4.78, 5) is 42.8. The van der Waals surface area contributed by atoms with Crippen molar-refractivity contribution in [3.05, 3.63) is 107 Å². The van der Waals surface area contributed by atoms with Crippen LogP contribution in [0.1, 0.15) is 30.1 Å². The zero-order chi connectivity index (χ0) is 33.2. The smallest absolute Gasteiger partial charge is 0.295 e. The van der Waals surface area contributed by atoms with Gasteiger partial charge < -0.3 is 20.5 Å². The van der Waals surface area contributed by atoms with Crippen molar-refractivity contribution < 1.29 is 27.8 Å². The highest BCUT2D eigenvalue weighted by Crippen LogP contribution is 2.41. The number of piperidine rings is 2. The van der Waals surface area contributed by atoms with Crippen LogP contribution >= 0.6 is 0 Å². The lowest BCUT2D eigenvalue weighted by Crippen LogP contribution is -2.64. The molecule has 2 aliphatic rings. The quantitative estimate of drug-likeness (QED) is 0.294. The summed E-state index contributed by atoms with van der Waals surface area (Å²) < 4.78 is 51.0. The van der Waals surface area contributed by atoms with Gasteiger partial charge in [-0.3, -0.25) is 19.1 Å². The summed E-state index contributed by atoms with van der Waals surface area (Å²) in [7, 11) is 0. The highest BCUT2D eigenvalue weighted by Gasteiger charge is 2.57. The maximum atomic E-state index is 15.8. The molecule has 2 aliphatic heterocycles. The average Bonchev–Trinajstić information content (AvgIpc) is 3.07. The minimum absolute atomic E-state index is 0.131. The van der Waals surface area contributed by atoms with Crippen LogP contribution in [-0.4, -0.2) is 78.0 Å². The van der Waals surface area contributed by atoms with Gasteiger partial charge in [-0.15, -0.1) is 0 Å². The largest absolute Gasteiger partial charge is 0.437 e. The van der Waals surface area contributed by atoms with E-state index in [0.29, 0.717) is 31.9 Å². The number of ether oxygens (including phenoxy) is 1. The van der Waals surface area contributed by atoms with Gasteiger partial charge in [0.05, 0.1) is 19.6 Å². The third kappa shape index (κ3) is 6.83. The van der Waals surface area contributed by atoms with Crippen LogP contribution in [0.15, 0.2) is 84.2 Å². The number of hydrogen-bond acceptors (Lipinski definition) is 9. The van der Waals surface area contributed by atoms with Crippen molar-refractivity contribution in [3.8, 4) is 11.6 Å². The number of amides is 1. The third-order valence-electron chi connectivity index (χ3n) is 8.90. The summed E-state index contributed by atoms with van der Waals surface area (Å²) in [5.41, 5.74) is 2.83. The van der Waals surface area contributed by atoms with E-state index in [1.807, 2.05) is 30.3 Å². The SMILES string of the molecule is Nc1c(Oc2ccc(F)cc2)ncn(C[C@@]2(O)CCN(C(=O)[C@@H]3CCN(Cc4ncccn4)C[C@H]3c3ccccc3)CC2(F)F)c1=O. The Hall–Kier alpha value is -4.82. The van der Waals surface area contributed by atoms with Crippen LogP contribution in [0.2, 0.25) is 0 Å². The van der Waals surface area contributed by atoms with Crippen molar-refractivity contribution in [1.29, 1.82) is 0 Å². The van der Waals surface area contributed by atoms with Gasteiger partial charge in [-0.05, 0) is 48.9 Å². The number of nitrogens with two attached hydrogens (primary N) is 1. The number of nitrogens with zero attached hydrogens (tertiary/aromatic N) is 6. The molecule has 0 radical (unpaired) electrons. The van der Waals surface area contributed by atoms with E-state index in [1.165, 1.54) is 12.1 Å². The van der Waals surface area contributed by atoms with Gasteiger partial charge in [-0.25, -0.2) is 28.1 Å². The van der Waals surface area contributed by atoms with E-state index in [2.05, 4.69) is 19.9 Å². The van der Waals surface area contributed by atoms with E-state index < -0.39 is 59.9 Å². The molecule has 14 heteroatoms. The number of benzene rings is 2. The van der Waals surface area contributed by atoms with Crippen LogP contribution in [0, 0.1) is 11.7 Å². The normalized spacial score (nSPS) is 22.9. The van der Waals surface area contributed by atoms with E-state index in [-0.39, 0.29) is 24.1 Å². The van der Waals surface area contributed by atoms with E-state index in [0.717, 1.165) is 33.5 Å². The van der Waals surface area contributed by atoms with Gasteiger partial charge in [0.15, 0.2) is 5.69 Å². The van der Waals surface area contributed by atoms with Gasteiger partial charge >= 0.3 is 0 Å². The average molecular weight is 650 g/mol. The standard InChI is InChI=1S/C33H34F3N7O4/c34-23-7-9-24(10-8-23)47-29-28(37)31(45)43(21-40-29)19-32(46)12-16-42(20-33(32,35)36)30(44)25-11-15-41(18-27-38-13-4-14-39-27)17-26(25)22-5-2-1-3-6-22/h1-10,13-14,21,25-26,46H,11-12,15-20,37H2/t25-,26+,32+/m1/s1. The van der Waals surface area contributed by atoms with Crippen LogP contribution in [0.4, 0.5) is 18.9 Å².